The molecule has 1 aliphatic rings. The lowest BCUT2D eigenvalue weighted by Crippen LogP contribution is -2.29. The van der Waals surface area contributed by atoms with E-state index in [0.717, 1.165) is 6.54 Å². The van der Waals surface area contributed by atoms with Crippen molar-refractivity contribution in [3.63, 3.8) is 0 Å². The van der Waals surface area contributed by atoms with Crippen LogP contribution in [0.1, 0.15) is 11.0 Å². The highest BCUT2D eigenvalue weighted by molar-refractivity contribution is 7.99. The first-order valence-corrected chi connectivity index (χ1v) is 5.71. The molecule has 1 N–H and O–H groups in total. The maximum absolute atomic E-state index is 4.28. The molecule has 1 unspecified atom stereocenters. The van der Waals surface area contributed by atoms with Crippen LogP contribution in [0.25, 0.3) is 0 Å². The Balaban J connectivity index is 2.04. The van der Waals surface area contributed by atoms with Gasteiger partial charge in [0.1, 0.15) is 5.01 Å². The van der Waals surface area contributed by atoms with Crippen LogP contribution in [0.3, 0.4) is 0 Å². The van der Waals surface area contributed by atoms with Gasteiger partial charge in [0.05, 0.1) is 6.04 Å². The zero-order valence-corrected chi connectivity index (χ0v) is 7.75. The number of rotatable bonds is 1. The first-order valence-electron chi connectivity index (χ1n) is 3.67. The second kappa shape index (κ2) is 3.56. The molecular formula is C7H10N2S2. The van der Waals surface area contributed by atoms with Gasteiger partial charge in [-0.05, 0) is 0 Å². The Morgan fingerprint density at radius 2 is 2.64 bits per heavy atom. The Labute approximate surface area is 74.4 Å². The fourth-order valence-corrected chi connectivity index (χ4v) is 2.89. The number of aromatic nitrogens is 1. The number of thioether (sulfide) groups is 1. The van der Waals surface area contributed by atoms with Crippen LogP contribution in [0.15, 0.2) is 11.6 Å². The van der Waals surface area contributed by atoms with Crippen molar-refractivity contribution < 1.29 is 0 Å². The molecule has 2 heterocycles. The van der Waals surface area contributed by atoms with Gasteiger partial charge in [0.2, 0.25) is 0 Å². The Morgan fingerprint density at radius 1 is 1.64 bits per heavy atom. The lowest BCUT2D eigenvalue weighted by molar-refractivity contribution is 0.592. The van der Waals surface area contributed by atoms with Crippen molar-refractivity contribution in [2.24, 2.45) is 0 Å². The molecule has 2 nitrogen and oxygen atoms in total. The maximum atomic E-state index is 4.28. The second-order valence-electron chi connectivity index (χ2n) is 2.45. The first kappa shape index (κ1) is 7.58. The largest absolute Gasteiger partial charge is 0.306 e. The summed E-state index contributed by atoms with van der Waals surface area (Å²) >= 11 is 3.75. The number of nitrogens with zero attached hydrogens (tertiary/aromatic N) is 1. The molecule has 0 bridgehead atoms. The fourth-order valence-electron chi connectivity index (χ4n) is 1.13. The summed E-state index contributed by atoms with van der Waals surface area (Å²) in [5.74, 6) is 2.41. The Bertz CT molecular complexity index is 204. The summed E-state index contributed by atoms with van der Waals surface area (Å²) in [5, 5.41) is 6.72. The van der Waals surface area contributed by atoms with E-state index in [1.54, 1.807) is 11.3 Å². The smallest absolute Gasteiger partial charge is 0.110 e. The average Bonchev–Trinajstić information content (AvgIpc) is 2.58. The van der Waals surface area contributed by atoms with Crippen molar-refractivity contribution in [2.75, 3.05) is 18.1 Å². The summed E-state index contributed by atoms with van der Waals surface area (Å²) in [5.41, 5.74) is 0. The summed E-state index contributed by atoms with van der Waals surface area (Å²) < 4.78 is 0. The fraction of sp³-hybridized carbons (Fsp3) is 0.571. The van der Waals surface area contributed by atoms with E-state index in [9.17, 15) is 0 Å². The van der Waals surface area contributed by atoms with Gasteiger partial charge in [0, 0.05) is 29.6 Å². The zero-order chi connectivity index (χ0) is 7.52. The van der Waals surface area contributed by atoms with Crippen molar-refractivity contribution in [3.05, 3.63) is 16.6 Å². The number of thiazole rings is 1. The number of nitrogens with one attached hydrogen (secondary N) is 1. The molecule has 1 saturated heterocycles. The van der Waals surface area contributed by atoms with E-state index in [1.807, 2.05) is 23.3 Å². The molecule has 1 fully saturated rings. The third kappa shape index (κ3) is 1.75. The molecule has 1 atom stereocenters. The van der Waals surface area contributed by atoms with Gasteiger partial charge in [-0.2, -0.15) is 11.8 Å². The molecule has 60 valence electrons. The molecule has 0 radical (unpaired) electrons. The lowest BCUT2D eigenvalue weighted by atomic mass is 10.3. The van der Waals surface area contributed by atoms with E-state index in [2.05, 4.69) is 10.3 Å². The number of hydrogen-bond donors (Lipinski definition) is 1. The highest BCUT2D eigenvalue weighted by Crippen LogP contribution is 2.22. The highest BCUT2D eigenvalue weighted by Gasteiger charge is 2.16. The third-order valence-corrected chi connectivity index (χ3v) is 3.62. The molecular weight excluding hydrogens is 176 g/mol. The standard InChI is InChI=1S/C7H10N2S2/c1-3-10-5-6(8-1)7-9-2-4-11-7/h2,4,6,8H,1,3,5H2. The number of hydrogen-bond acceptors (Lipinski definition) is 4. The van der Waals surface area contributed by atoms with Crippen molar-refractivity contribution in [2.45, 2.75) is 6.04 Å². The predicted octanol–water partition coefficient (Wildman–Crippen LogP) is 1.52. The molecule has 0 amide bonds. The molecule has 11 heavy (non-hydrogen) atoms. The summed E-state index contributed by atoms with van der Waals surface area (Å²) in [6, 6.07) is 0.508. The van der Waals surface area contributed by atoms with E-state index in [-0.39, 0.29) is 0 Å². The van der Waals surface area contributed by atoms with E-state index in [0.29, 0.717) is 6.04 Å². The van der Waals surface area contributed by atoms with E-state index < -0.39 is 0 Å². The van der Waals surface area contributed by atoms with Crippen LogP contribution in [-0.4, -0.2) is 23.0 Å². The highest BCUT2D eigenvalue weighted by atomic mass is 32.2. The second-order valence-corrected chi connectivity index (χ2v) is 4.53. The van der Waals surface area contributed by atoms with E-state index in [1.165, 1.54) is 16.5 Å². The van der Waals surface area contributed by atoms with Crippen LogP contribution in [0.4, 0.5) is 0 Å². The molecule has 1 aromatic heterocycles. The molecule has 0 aromatic carbocycles. The molecule has 0 spiro atoms. The van der Waals surface area contributed by atoms with E-state index in [4.69, 9.17) is 0 Å². The van der Waals surface area contributed by atoms with Crippen LogP contribution in [0, 0.1) is 0 Å². The quantitative estimate of drug-likeness (QED) is 0.720. The normalized spacial score (nSPS) is 25.3. The Kier molecular flexibility index (Phi) is 2.45. The lowest BCUT2D eigenvalue weighted by Gasteiger charge is -2.20. The Morgan fingerprint density at radius 3 is 3.27 bits per heavy atom. The summed E-state index contributed by atoms with van der Waals surface area (Å²) in [6.45, 7) is 1.12. The van der Waals surface area contributed by atoms with Crippen LogP contribution < -0.4 is 5.32 Å². The van der Waals surface area contributed by atoms with Crippen LogP contribution in [-0.2, 0) is 0 Å². The van der Waals surface area contributed by atoms with Crippen molar-refractivity contribution in [1.82, 2.24) is 10.3 Å². The summed E-state index contributed by atoms with van der Waals surface area (Å²) in [7, 11) is 0. The van der Waals surface area contributed by atoms with Crippen LogP contribution in [0.5, 0.6) is 0 Å². The van der Waals surface area contributed by atoms with Gasteiger partial charge in [-0.15, -0.1) is 11.3 Å². The van der Waals surface area contributed by atoms with Crippen LogP contribution >= 0.6 is 23.1 Å². The summed E-state index contributed by atoms with van der Waals surface area (Å²) in [4.78, 5) is 4.28. The first-order chi connectivity index (χ1) is 5.47. The summed E-state index contributed by atoms with van der Waals surface area (Å²) in [6.07, 6.45) is 1.88. The average molecular weight is 186 g/mol. The molecule has 1 aromatic rings. The van der Waals surface area contributed by atoms with Crippen molar-refractivity contribution in [1.29, 1.82) is 0 Å². The minimum atomic E-state index is 0.508. The third-order valence-electron chi connectivity index (χ3n) is 1.67. The van der Waals surface area contributed by atoms with Crippen molar-refractivity contribution in [3.8, 4) is 0 Å². The monoisotopic (exact) mass is 186 g/mol. The molecule has 0 saturated carbocycles. The minimum absolute atomic E-state index is 0.508. The zero-order valence-electron chi connectivity index (χ0n) is 6.12. The van der Waals surface area contributed by atoms with Gasteiger partial charge in [-0.3, -0.25) is 0 Å². The van der Waals surface area contributed by atoms with Gasteiger partial charge in [-0.25, -0.2) is 4.98 Å². The van der Waals surface area contributed by atoms with Crippen LogP contribution in [0.2, 0.25) is 0 Å². The topological polar surface area (TPSA) is 24.9 Å². The SMILES string of the molecule is c1csc(C2CSCCN2)n1. The predicted molar refractivity (Wildman–Crippen MR) is 50.2 cm³/mol. The molecule has 1 aliphatic heterocycles. The molecule has 4 heteroatoms. The Hall–Kier alpha value is -0.0600. The minimum Gasteiger partial charge on any atom is -0.306 e. The maximum Gasteiger partial charge on any atom is 0.110 e. The van der Waals surface area contributed by atoms with Gasteiger partial charge in [-0.1, -0.05) is 0 Å². The van der Waals surface area contributed by atoms with Gasteiger partial charge < -0.3 is 5.32 Å². The van der Waals surface area contributed by atoms with Gasteiger partial charge in [0.25, 0.3) is 0 Å². The van der Waals surface area contributed by atoms with Gasteiger partial charge in [0.15, 0.2) is 0 Å². The molecule has 2 rings (SSSR count). The van der Waals surface area contributed by atoms with Crippen molar-refractivity contribution >= 4 is 23.1 Å². The van der Waals surface area contributed by atoms with E-state index >= 15 is 0 Å². The molecule has 0 aliphatic carbocycles. The van der Waals surface area contributed by atoms with Gasteiger partial charge >= 0.3 is 0 Å².